The number of halogens is 6. The van der Waals surface area contributed by atoms with E-state index >= 15 is 0 Å². The smallest absolute Gasteiger partial charge is 0.0780 e. The number of rotatable bonds is 1. The summed E-state index contributed by atoms with van der Waals surface area (Å²) in [7, 11) is 0. The zero-order chi connectivity index (χ0) is 7.65. The van der Waals surface area contributed by atoms with E-state index in [-0.39, 0.29) is 5.88 Å². The molecule has 0 aromatic carbocycles. The molecule has 0 bridgehead atoms. The number of hydrogen-bond acceptors (Lipinski definition) is 0. The van der Waals surface area contributed by atoms with Crippen LogP contribution in [0.1, 0.15) is 0 Å². The zero-order valence-electron chi connectivity index (χ0n) is 3.85. The number of hydrogen-bond donors (Lipinski definition) is 0. The Morgan fingerprint density at radius 3 is 1.44 bits per heavy atom. The maximum atomic E-state index is 3.34. The van der Waals surface area contributed by atoms with Gasteiger partial charge < -0.3 is 0 Å². The first-order valence-corrected chi connectivity index (χ1v) is 6.73. The van der Waals surface area contributed by atoms with Gasteiger partial charge in [-0.2, -0.15) is 0 Å². The molecule has 0 aromatic heterocycles. The molecule has 0 spiro atoms. The van der Waals surface area contributed by atoms with Crippen molar-refractivity contribution in [2.45, 2.75) is 5.88 Å². The van der Waals surface area contributed by atoms with Gasteiger partial charge >= 0.3 is 0 Å². The summed E-state index contributed by atoms with van der Waals surface area (Å²) in [4.78, 5) is 0.981. The SMILES string of the molecule is Br[C](C(Br)Br)C(Br)(Br)Br. The molecule has 0 aromatic rings. The van der Waals surface area contributed by atoms with E-state index in [1.54, 1.807) is 0 Å². The summed E-state index contributed by atoms with van der Waals surface area (Å²) in [5.41, 5.74) is 0. The largest absolute Gasteiger partial charge is 0.153 e. The van der Waals surface area contributed by atoms with Crippen LogP contribution >= 0.6 is 95.6 Å². The first kappa shape index (κ1) is 11.9. The van der Waals surface area contributed by atoms with Gasteiger partial charge in [0, 0.05) is 0 Å². The van der Waals surface area contributed by atoms with Crippen molar-refractivity contribution in [1.29, 1.82) is 0 Å². The maximum Gasteiger partial charge on any atom is 0.153 e. The lowest BCUT2D eigenvalue weighted by Gasteiger charge is -2.19. The lowest BCUT2D eigenvalue weighted by molar-refractivity contribution is 1.30. The highest BCUT2D eigenvalue weighted by Crippen LogP contribution is 2.50. The van der Waals surface area contributed by atoms with Gasteiger partial charge in [0.1, 0.15) is 4.83 Å². The van der Waals surface area contributed by atoms with Gasteiger partial charge in [-0.3, -0.25) is 0 Å². The van der Waals surface area contributed by atoms with Gasteiger partial charge in [0.05, 0.1) is 3.74 Å². The molecule has 0 fully saturated rings. The van der Waals surface area contributed by atoms with Crippen molar-refractivity contribution < 1.29 is 0 Å². The molecule has 0 rings (SSSR count). The van der Waals surface area contributed by atoms with E-state index in [1.165, 1.54) is 0 Å². The molecular formula is C3HBr6. The molecule has 0 amide bonds. The Hall–Kier alpha value is 2.88. The van der Waals surface area contributed by atoms with Crippen LogP contribution in [-0.2, 0) is 0 Å². The third-order valence-corrected chi connectivity index (χ3v) is 6.54. The minimum atomic E-state index is -0.343. The Morgan fingerprint density at radius 1 is 1.11 bits per heavy atom. The highest BCUT2D eigenvalue weighted by molar-refractivity contribution is 9.40. The van der Waals surface area contributed by atoms with E-state index in [2.05, 4.69) is 95.6 Å². The Kier molecular flexibility index (Phi) is 6.33. The van der Waals surface area contributed by atoms with E-state index in [0.29, 0.717) is 0 Å². The maximum absolute atomic E-state index is 3.34. The van der Waals surface area contributed by atoms with E-state index < -0.39 is 0 Å². The molecule has 6 heteroatoms. The lowest BCUT2D eigenvalue weighted by Crippen LogP contribution is -2.13. The summed E-state index contributed by atoms with van der Waals surface area (Å²) < 4.78 is -0.215. The van der Waals surface area contributed by atoms with Crippen LogP contribution in [0, 0.1) is 4.83 Å². The van der Waals surface area contributed by atoms with Crippen molar-refractivity contribution in [3.63, 3.8) is 0 Å². The molecule has 0 aliphatic heterocycles. The highest BCUT2D eigenvalue weighted by atomic mass is 80.0. The van der Waals surface area contributed by atoms with Crippen molar-refractivity contribution in [3.8, 4) is 0 Å². The molecule has 0 aliphatic carbocycles. The van der Waals surface area contributed by atoms with E-state index in [4.69, 9.17) is 0 Å². The lowest BCUT2D eigenvalue weighted by atomic mass is 10.6. The molecule has 0 saturated carbocycles. The van der Waals surface area contributed by atoms with Crippen molar-refractivity contribution in [2.24, 2.45) is 0 Å². The van der Waals surface area contributed by atoms with Gasteiger partial charge in [-0.15, -0.1) is 0 Å². The highest BCUT2D eigenvalue weighted by Gasteiger charge is 2.33. The van der Waals surface area contributed by atoms with Gasteiger partial charge in [0.2, 0.25) is 0 Å². The van der Waals surface area contributed by atoms with Crippen LogP contribution < -0.4 is 0 Å². The molecule has 0 nitrogen and oxygen atoms in total. The molecule has 0 aliphatic rings. The van der Waals surface area contributed by atoms with Gasteiger partial charge in [0.25, 0.3) is 0 Å². The molecule has 0 heterocycles. The average Bonchev–Trinajstić information content (AvgIpc) is 1.62. The van der Waals surface area contributed by atoms with E-state index in [0.717, 1.165) is 4.83 Å². The van der Waals surface area contributed by atoms with Gasteiger partial charge in [0.15, 0.2) is 2.14 Å². The number of alkyl halides is 5. The molecule has 55 valence electrons. The van der Waals surface area contributed by atoms with Crippen molar-refractivity contribution in [3.05, 3.63) is 4.83 Å². The van der Waals surface area contributed by atoms with Crippen LogP contribution in [0.5, 0.6) is 0 Å². The van der Waals surface area contributed by atoms with Gasteiger partial charge in [-0.05, 0) is 0 Å². The Morgan fingerprint density at radius 2 is 1.44 bits per heavy atom. The molecule has 0 saturated heterocycles. The van der Waals surface area contributed by atoms with Crippen LogP contribution in [0.15, 0.2) is 0 Å². The van der Waals surface area contributed by atoms with Crippen LogP contribution in [0.3, 0.4) is 0 Å². The van der Waals surface area contributed by atoms with Gasteiger partial charge in [-0.25, -0.2) is 0 Å². The summed E-state index contributed by atoms with van der Waals surface area (Å²) in [6, 6.07) is 0. The quantitative estimate of drug-likeness (QED) is 0.437. The normalized spacial score (nSPS) is 13.3. The van der Waals surface area contributed by atoms with E-state index in [1.807, 2.05) is 0 Å². The summed E-state index contributed by atoms with van der Waals surface area (Å²) in [6.07, 6.45) is 0. The predicted octanol–water partition coefficient (Wildman–Crippen LogP) is 4.87. The van der Waals surface area contributed by atoms with Crippen LogP contribution in [0.4, 0.5) is 0 Å². The summed E-state index contributed by atoms with van der Waals surface area (Å²) >= 11 is 20.0. The predicted molar refractivity (Wildman–Crippen MR) is 63.3 cm³/mol. The summed E-state index contributed by atoms with van der Waals surface area (Å²) in [5, 5.41) is 0. The second kappa shape index (κ2) is 4.80. The zero-order valence-corrected chi connectivity index (χ0v) is 13.4. The first-order valence-electron chi connectivity index (χ1n) is 1.73. The fourth-order valence-corrected chi connectivity index (χ4v) is 3.34. The third-order valence-electron chi connectivity index (χ3n) is 0.462. The van der Waals surface area contributed by atoms with Crippen LogP contribution in [0.2, 0.25) is 0 Å². The fourth-order valence-electron chi connectivity index (χ4n) is 0.124. The van der Waals surface area contributed by atoms with Crippen molar-refractivity contribution in [2.75, 3.05) is 0 Å². The summed E-state index contributed by atoms with van der Waals surface area (Å²) in [5.74, 6) is 0. The molecule has 0 N–H and O–H groups in total. The first-order chi connectivity index (χ1) is 3.85. The van der Waals surface area contributed by atoms with Crippen LogP contribution in [-0.4, -0.2) is 5.88 Å². The molecular weight excluding hydrogens is 515 g/mol. The van der Waals surface area contributed by atoms with Crippen molar-refractivity contribution in [1.82, 2.24) is 0 Å². The minimum Gasteiger partial charge on any atom is -0.0780 e. The van der Waals surface area contributed by atoms with Crippen molar-refractivity contribution >= 4 is 95.6 Å². The second-order valence-electron chi connectivity index (χ2n) is 1.15. The Labute approximate surface area is 105 Å². The standard InChI is InChI=1S/C3HBr6/c4-1(2(5)6)3(7,8)9/h2H. The Balaban J connectivity index is 3.88. The molecule has 0 atom stereocenters. The topological polar surface area (TPSA) is 0 Å². The fraction of sp³-hybridized carbons (Fsp3) is 0.667. The molecule has 9 heavy (non-hydrogen) atoms. The third kappa shape index (κ3) is 5.17. The minimum absolute atomic E-state index is 0.128. The molecule has 0 unspecified atom stereocenters. The van der Waals surface area contributed by atoms with Crippen LogP contribution in [0.25, 0.3) is 0 Å². The monoisotopic (exact) mass is 511 g/mol. The van der Waals surface area contributed by atoms with Gasteiger partial charge in [-0.1, -0.05) is 95.6 Å². The summed E-state index contributed by atoms with van der Waals surface area (Å²) in [6.45, 7) is 0. The molecule has 1 radical (unpaired) electrons. The Bertz CT molecular complexity index is 82.8. The second-order valence-corrected chi connectivity index (χ2v) is 11.8. The average molecular weight is 516 g/mol. The van der Waals surface area contributed by atoms with E-state index in [9.17, 15) is 0 Å².